The van der Waals surface area contributed by atoms with E-state index in [1.165, 1.54) is 17.7 Å². The van der Waals surface area contributed by atoms with Gasteiger partial charge in [-0.05, 0) is 75.3 Å². The van der Waals surface area contributed by atoms with E-state index >= 15 is 0 Å². The maximum Gasteiger partial charge on any atom is 0.433 e. The molecule has 0 radical (unpaired) electrons. The Morgan fingerprint density at radius 2 is 1.79 bits per heavy atom. The van der Waals surface area contributed by atoms with Crippen LogP contribution in [0, 0.1) is 5.92 Å². The van der Waals surface area contributed by atoms with Gasteiger partial charge in [-0.2, -0.15) is 18.3 Å². The molecule has 8 rings (SSSR count). The van der Waals surface area contributed by atoms with E-state index in [9.17, 15) is 32.3 Å². The van der Waals surface area contributed by atoms with Gasteiger partial charge in [-0.1, -0.05) is 12.1 Å². The minimum atomic E-state index is -4.67. The Hall–Kier alpha value is -5.71. The van der Waals surface area contributed by atoms with Crippen LogP contribution in [0.4, 0.5) is 24.5 Å². The Morgan fingerprint density at radius 1 is 1.02 bits per heavy atom. The Bertz CT molecular complexity index is 2430. The van der Waals surface area contributed by atoms with Crippen molar-refractivity contribution >= 4 is 51.0 Å². The largest absolute Gasteiger partial charge is 0.494 e. The number of piperidine rings is 1. The lowest BCUT2D eigenvalue weighted by atomic mass is 9.85. The van der Waals surface area contributed by atoms with Crippen LogP contribution in [0.1, 0.15) is 73.7 Å². The van der Waals surface area contributed by atoms with Crippen molar-refractivity contribution in [2.24, 2.45) is 13.0 Å². The van der Waals surface area contributed by atoms with Crippen LogP contribution in [0.5, 0.6) is 5.75 Å². The number of carbonyl (C=O) groups is 3. The first kappa shape index (κ1) is 38.2. The highest BCUT2D eigenvalue weighted by Gasteiger charge is 2.35. The van der Waals surface area contributed by atoms with E-state index in [1.54, 1.807) is 23.7 Å². The number of ether oxygens (including phenoxy) is 1. The number of alkyl halides is 3. The van der Waals surface area contributed by atoms with Crippen LogP contribution in [-0.2, 0) is 22.8 Å². The number of piperazine rings is 1. The van der Waals surface area contributed by atoms with Crippen LogP contribution < -0.4 is 26.0 Å². The Kier molecular flexibility index (Phi) is 10.0. The van der Waals surface area contributed by atoms with Gasteiger partial charge in [-0.15, -0.1) is 0 Å². The van der Waals surface area contributed by atoms with Gasteiger partial charge in [0.2, 0.25) is 11.8 Å². The smallest absolute Gasteiger partial charge is 0.433 e. The van der Waals surface area contributed by atoms with Gasteiger partial charge in [0.1, 0.15) is 23.2 Å². The number of imide groups is 1. The molecule has 5 heterocycles. The second-order valence-corrected chi connectivity index (χ2v) is 15.4. The van der Waals surface area contributed by atoms with Gasteiger partial charge >= 0.3 is 11.9 Å². The number of nitrogens with one attached hydrogen (secondary N) is 2. The molecule has 0 spiro atoms. The second kappa shape index (κ2) is 15.0. The molecule has 1 saturated carbocycles. The number of rotatable bonds is 8. The number of methoxy groups -OCH3 is 1. The van der Waals surface area contributed by atoms with Crippen LogP contribution in [0.3, 0.4) is 0 Å². The number of para-hydroxylation sites is 1. The molecular weight excluding hydrogens is 743 g/mol. The van der Waals surface area contributed by atoms with Crippen molar-refractivity contribution in [3.8, 4) is 5.75 Å². The van der Waals surface area contributed by atoms with E-state index in [0.717, 1.165) is 80.6 Å². The maximum atomic E-state index is 13.5. The number of hydrogen-bond acceptors (Lipinski definition) is 9. The Morgan fingerprint density at radius 3 is 2.51 bits per heavy atom. The van der Waals surface area contributed by atoms with E-state index in [2.05, 4.69) is 32.3 Å². The van der Waals surface area contributed by atoms with Crippen LogP contribution in [0.15, 0.2) is 59.5 Å². The van der Waals surface area contributed by atoms with Gasteiger partial charge < -0.3 is 15.0 Å². The van der Waals surface area contributed by atoms with Crippen LogP contribution in [0.25, 0.3) is 21.9 Å². The molecule has 3 aromatic heterocycles. The summed E-state index contributed by atoms with van der Waals surface area (Å²) in [5, 5.41) is 10.6. The fraction of sp³-hybridized carbons (Fsp3) is 0.450. The summed E-state index contributed by atoms with van der Waals surface area (Å²) in [5.74, 6) is -0.694. The lowest BCUT2D eigenvalue weighted by Crippen LogP contribution is -2.53. The fourth-order valence-electron chi connectivity index (χ4n) is 8.74. The third-order valence-electron chi connectivity index (χ3n) is 11.8. The maximum absolute atomic E-state index is 13.5. The summed E-state index contributed by atoms with van der Waals surface area (Å²) in [4.78, 5) is 59.3. The van der Waals surface area contributed by atoms with Crippen molar-refractivity contribution in [1.29, 1.82) is 0 Å². The number of aryl methyl sites for hydroxylation is 1. The summed E-state index contributed by atoms with van der Waals surface area (Å²) >= 11 is 0. The Labute approximate surface area is 325 Å². The average molecular weight is 788 g/mol. The predicted molar refractivity (Wildman–Crippen MR) is 206 cm³/mol. The van der Waals surface area contributed by atoms with E-state index in [4.69, 9.17) is 9.84 Å². The van der Waals surface area contributed by atoms with Crippen molar-refractivity contribution in [2.45, 2.75) is 69.8 Å². The number of aromatic nitrogens is 5. The number of carbonyl (C=O) groups excluding carboxylic acids is 3. The average Bonchev–Trinajstić information content (AvgIpc) is 3.72. The highest BCUT2D eigenvalue weighted by molar-refractivity contribution is 6.05. The molecule has 0 bridgehead atoms. The molecule has 3 fully saturated rings. The molecule has 1 aliphatic carbocycles. The number of halogens is 3. The number of benzene rings is 2. The molecule has 2 N–H and O–H groups in total. The SMILES string of the molecule is COc1cc2nn(C3CCC(CN4CCN(c5cccc6c5n(C)c(=O)n6C5CCC(=O)NC5=O)C[C@H]4C)CC3)cc2cc1NC(=O)c1cccc(C(F)(F)F)n1. The van der Waals surface area contributed by atoms with Crippen molar-refractivity contribution in [1.82, 2.24) is 34.1 Å². The van der Waals surface area contributed by atoms with Gasteiger partial charge in [0.15, 0.2) is 0 Å². The number of anilines is 2. The van der Waals surface area contributed by atoms with Crippen molar-refractivity contribution in [2.75, 3.05) is 43.5 Å². The first-order valence-electron chi connectivity index (χ1n) is 19.2. The van der Waals surface area contributed by atoms with Gasteiger partial charge in [-0.3, -0.25) is 38.4 Å². The molecule has 3 aliphatic rings. The number of imidazole rings is 1. The second-order valence-electron chi connectivity index (χ2n) is 15.4. The van der Waals surface area contributed by atoms with Crippen LogP contribution in [-0.4, -0.2) is 85.9 Å². The standard InChI is InChI=1S/C40H44F3N9O5/c1-23-20-50(30-7-5-8-31-36(30)48(2)39(56)52(31)32-14-15-35(53)46-38(32)55)17-16-49(23)21-24-10-12-26(13-11-24)51-22-25-18-29(33(57-3)19-28(25)47-51)45-37(54)27-6-4-9-34(44-27)40(41,42)43/h4-9,18-19,22-24,26,32H,10-17,20-21H2,1-3H3,(H,45,54)(H,46,53,55)/t23-,24?,26?,32?/m1/s1. The molecule has 2 saturated heterocycles. The fourth-order valence-corrected chi connectivity index (χ4v) is 8.74. The molecule has 2 aliphatic heterocycles. The summed E-state index contributed by atoms with van der Waals surface area (Å²) < 4.78 is 50.2. The zero-order chi connectivity index (χ0) is 40.2. The van der Waals surface area contributed by atoms with E-state index in [1.807, 2.05) is 29.1 Å². The number of hydrogen-bond donors (Lipinski definition) is 2. The molecule has 2 aromatic carbocycles. The number of fused-ring (bicyclic) bond motifs is 2. The molecule has 3 amide bonds. The summed E-state index contributed by atoms with van der Waals surface area (Å²) in [6, 6.07) is 12.2. The number of amides is 3. The molecule has 14 nitrogen and oxygen atoms in total. The van der Waals surface area contributed by atoms with E-state index in [0.29, 0.717) is 28.4 Å². The molecular formula is C40H44F3N9O5. The third-order valence-corrected chi connectivity index (χ3v) is 11.8. The highest BCUT2D eigenvalue weighted by atomic mass is 19.4. The van der Waals surface area contributed by atoms with Gasteiger partial charge in [-0.25, -0.2) is 9.78 Å². The normalized spacial score (nSPS) is 22.2. The predicted octanol–water partition coefficient (Wildman–Crippen LogP) is 5.28. The number of nitrogens with zero attached hydrogens (tertiary/aromatic N) is 7. The summed E-state index contributed by atoms with van der Waals surface area (Å²) in [6.45, 7) is 5.67. The van der Waals surface area contributed by atoms with Crippen molar-refractivity contribution < 1.29 is 32.3 Å². The molecule has 57 heavy (non-hydrogen) atoms. The summed E-state index contributed by atoms with van der Waals surface area (Å²) in [7, 11) is 3.18. The monoisotopic (exact) mass is 787 g/mol. The first-order valence-corrected chi connectivity index (χ1v) is 19.2. The zero-order valence-electron chi connectivity index (χ0n) is 31.9. The number of pyridine rings is 1. The van der Waals surface area contributed by atoms with Gasteiger partial charge in [0, 0.05) is 63.3 Å². The summed E-state index contributed by atoms with van der Waals surface area (Å²) in [5.41, 5.74) is 1.62. The Balaban J connectivity index is 0.893. The third kappa shape index (κ3) is 7.35. The van der Waals surface area contributed by atoms with E-state index < -0.39 is 29.7 Å². The topological polar surface area (TPSA) is 149 Å². The minimum absolute atomic E-state index is 0.191. The van der Waals surface area contributed by atoms with Gasteiger partial charge in [0.05, 0.1) is 41.1 Å². The molecule has 2 atom stereocenters. The minimum Gasteiger partial charge on any atom is -0.494 e. The molecule has 5 aromatic rings. The highest BCUT2D eigenvalue weighted by Crippen LogP contribution is 2.37. The first-order chi connectivity index (χ1) is 27.3. The van der Waals surface area contributed by atoms with Crippen LogP contribution >= 0.6 is 0 Å². The molecule has 300 valence electrons. The lowest BCUT2D eigenvalue weighted by Gasteiger charge is -2.43. The van der Waals surface area contributed by atoms with Gasteiger partial charge in [0.25, 0.3) is 5.91 Å². The van der Waals surface area contributed by atoms with Crippen molar-refractivity contribution in [3.63, 3.8) is 0 Å². The molecule has 17 heteroatoms. The van der Waals surface area contributed by atoms with Crippen molar-refractivity contribution in [3.05, 3.63) is 76.6 Å². The summed E-state index contributed by atoms with van der Waals surface area (Å²) in [6.07, 6.45) is 1.73. The van der Waals surface area contributed by atoms with E-state index in [-0.39, 0.29) is 42.2 Å². The zero-order valence-corrected chi connectivity index (χ0v) is 31.9. The van der Waals surface area contributed by atoms with Crippen LogP contribution in [0.2, 0.25) is 0 Å². The quantitative estimate of drug-likeness (QED) is 0.201. The molecule has 1 unspecified atom stereocenters. The lowest BCUT2D eigenvalue weighted by molar-refractivity contribution is -0.141.